The number of fused-ring (bicyclic) bond motifs is 1. The molecule has 1 aliphatic heterocycles. The molecule has 1 aliphatic rings. The van der Waals surface area contributed by atoms with Crippen LogP contribution in [-0.2, 0) is 10.2 Å². The molecule has 0 bridgehead atoms. The Balaban J connectivity index is 1.65. The topological polar surface area (TPSA) is 59.9 Å². The van der Waals surface area contributed by atoms with Crippen molar-refractivity contribution in [2.45, 2.75) is 32.3 Å². The maximum absolute atomic E-state index is 12.3. The predicted octanol–water partition coefficient (Wildman–Crippen LogP) is 3.93. The highest BCUT2D eigenvalue weighted by Crippen LogP contribution is 2.36. The molecule has 0 aliphatic carbocycles. The Hall–Kier alpha value is -2.53. The van der Waals surface area contributed by atoms with Crippen LogP contribution in [0.25, 0.3) is 0 Å². The van der Waals surface area contributed by atoms with Crippen molar-refractivity contribution in [2.24, 2.45) is 5.10 Å². The van der Waals surface area contributed by atoms with Crippen molar-refractivity contribution in [3.8, 4) is 11.5 Å². The monoisotopic (exact) mass is 372 g/mol. The quantitative estimate of drug-likeness (QED) is 0.656. The van der Waals surface area contributed by atoms with Gasteiger partial charge in [-0.05, 0) is 40.8 Å². The van der Waals surface area contributed by atoms with Crippen LogP contribution in [0.2, 0.25) is 5.02 Å². The van der Waals surface area contributed by atoms with E-state index >= 15 is 0 Å². The van der Waals surface area contributed by atoms with Crippen LogP contribution in [0.4, 0.5) is 0 Å². The summed E-state index contributed by atoms with van der Waals surface area (Å²) in [6, 6.07) is 13.0. The molecule has 2 aromatic carbocycles. The van der Waals surface area contributed by atoms with E-state index in [1.54, 1.807) is 12.1 Å². The third-order valence-corrected chi connectivity index (χ3v) is 4.23. The first kappa shape index (κ1) is 18.3. The van der Waals surface area contributed by atoms with E-state index in [1.165, 1.54) is 6.21 Å². The number of carbonyl (C=O) groups is 1. The van der Waals surface area contributed by atoms with Gasteiger partial charge in [0.1, 0.15) is 6.61 Å². The number of amides is 1. The summed E-state index contributed by atoms with van der Waals surface area (Å²) in [6.45, 7) is 6.49. The smallest absolute Gasteiger partial charge is 0.284 e. The molecule has 26 heavy (non-hydrogen) atoms. The minimum absolute atomic E-state index is 0.0190. The van der Waals surface area contributed by atoms with Gasteiger partial charge in [0, 0.05) is 5.02 Å². The molecule has 0 unspecified atom stereocenters. The largest absolute Gasteiger partial charge is 0.485 e. The van der Waals surface area contributed by atoms with E-state index in [0.717, 1.165) is 11.1 Å². The fourth-order valence-corrected chi connectivity index (χ4v) is 2.70. The van der Waals surface area contributed by atoms with E-state index in [1.807, 2.05) is 30.3 Å². The van der Waals surface area contributed by atoms with Crippen LogP contribution in [0.15, 0.2) is 47.6 Å². The highest BCUT2D eigenvalue weighted by molar-refractivity contribution is 6.30. The number of hydrogen-bond acceptors (Lipinski definition) is 4. The second kappa shape index (κ2) is 7.38. The number of hydrogen-bond donors (Lipinski definition) is 1. The van der Waals surface area contributed by atoms with Crippen LogP contribution in [0.5, 0.6) is 11.5 Å². The molecule has 1 heterocycles. The second-order valence-corrected chi connectivity index (χ2v) is 7.55. The summed E-state index contributed by atoms with van der Waals surface area (Å²) < 4.78 is 11.5. The molecule has 136 valence electrons. The molecule has 6 heteroatoms. The Bertz CT molecular complexity index is 843. The van der Waals surface area contributed by atoms with Crippen molar-refractivity contribution in [1.82, 2.24) is 5.43 Å². The Morgan fingerprint density at radius 1 is 1.23 bits per heavy atom. The van der Waals surface area contributed by atoms with Gasteiger partial charge in [-0.2, -0.15) is 5.10 Å². The molecule has 1 atom stereocenters. The van der Waals surface area contributed by atoms with Crippen molar-refractivity contribution in [2.75, 3.05) is 6.61 Å². The number of nitrogens with one attached hydrogen (secondary N) is 1. The summed E-state index contributed by atoms with van der Waals surface area (Å²) in [5, 5.41) is 4.56. The van der Waals surface area contributed by atoms with Crippen LogP contribution in [0.1, 0.15) is 31.9 Å². The van der Waals surface area contributed by atoms with Crippen LogP contribution in [0, 0.1) is 0 Å². The molecule has 1 N–H and O–H groups in total. The first-order valence-electron chi connectivity index (χ1n) is 8.35. The molecule has 5 nitrogen and oxygen atoms in total. The van der Waals surface area contributed by atoms with Gasteiger partial charge >= 0.3 is 0 Å². The summed E-state index contributed by atoms with van der Waals surface area (Å²) in [5.74, 6) is 0.849. The number of carbonyl (C=O) groups excluding carboxylic acids is 1. The van der Waals surface area contributed by atoms with Crippen molar-refractivity contribution in [3.63, 3.8) is 0 Å². The first-order chi connectivity index (χ1) is 12.3. The Kier molecular flexibility index (Phi) is 5.18. The van der Waals surface area contributed by atoms with Gasteiger partial charge < -0.3 is 9.47 Å². The summed E-state index contributed by atoms with van der Waals surface area (Å²) in [4.78, 5) is 12.3. The lowest BCUT2D eigenvalue weighted by Gasteiger charge is -2.27. The van der Waals surface area contributed by atoms with E-state index in [-0.39, 0.29) is 17.9 Å². The lowest BCUT2D eigenvalue weighted by atomic mass is 9.87. The van der Waals surface area contributed by atoms with Crippen molar-refractivity contribution in [1.29, 1.82) is 0 Å². The highest BCUT2D eigenvalue weighted by atomic mass is 35.5. The molecule has 0 fully saturated rings. The zero-order valence-electron chi connectivity index (χ0n) is 15.0. The average molecular weight is 373 g/mol. The SMILES string of the molecule is CC(C)(C)c1ccc2c(c1)O[C@H](C(=O)NN=Cc1cccc(Cl)c1)CO2. The molecule has 0 saturated carbocycles. The fraction of sp³-hybridized carbons (Fsp3) is 0.300. The van der Waals surface area contributed by atoms with Gasteiger partial charge in [-0.25, -0.2) is 5.43 Å². The van der Waals surface area contributed by atoms with Gasteiger partial charge in [-0.15, -0.1) is 0 Å². The second-order valence-electron chi connectivity index (χ2n) is 7.12. The minimum Gasteiger partial charge on any atom is -0.485 e. The van der Waals surface area contributed by atoms with E-state index in [9.17, 15) is 4.79 Å². The summed E-state index contributed by atoms with van der Waals surface area (Å²) in [7, 11) is 0. The summed E-state index contributed by atoms with van der Waals surface area (Å²) in [5.41, 5.74) is 4.36. The molecular formula is C20H21ClN2O3. The van der Waals surface area contributed by atoms with Gasteiger partial charge in [0.15, 0.2) is 11.5 Å². The molecule has 0 spiro atoms. The third kappa shape index (κ3) is 4.35. The average Bonchev–Trinajstić information content (AvgIpc) is 2.60. The fourth-order valence-electron chi connectivity index (χ4n) is 2.50. The number of ether oxygens (including phenoxy) is 2. The molecule has 2 aromatic rings. The number of rotatable bonds is 3. The zero-order valence-corrected chi connectivity index (χ0v) is 15.7. The highest BCUT2D eigenvalue weighted by Gasteiger charge is 2.28. The Morgan fingerprint density at radius 3 is 2.77 bits per heavy atom. The van der Waals surface area contributed by atoms with Gasteiger partial charge in [0.2, 0.25) is 6.10 Å². The summed E-state index contributed by atoms with van der Waals surface area (Å²) >= 11 is 5.92. The van der Waals surface area contributed by atoms with E-state index < -0.39 is 6.10 Å². The molecule has 0 aromatic heterocycles. The summed E-state index contributed by atoms with van der Waals surface area (Å²) in [6.07, 6.45) is 0.772. The molecule has 0 saturated heterocycles. The molecule has 0 radical (unpaired) electrons. The van der Waals surface area contributed by atoms with Crippen LogP contribution in [-0.4, -0.2) is 24.8 Å². The number of halogens is 1. The molecular weight excluding hydrogens is 352 g/mol. The van der Waals surface area contributed by atoms with Gasteiger partial charge in [0.25, 0.3) is 5.91 Å². The van der Waals surface area contributed by atoms with E-state index in [4.69, 9.17) is 21.1 Å². The van der Waals surface area contributed by atoms with Crippen LogP contribution in [0.3, 0.4) is 0 Å². The van der Waals surface area contributed by atoms with E-state index in [0.29, 0.717) is 16.5 Å². The van der Waals surface area contributed by atoms with Crippen molar-refractivity contribution < 1.29 is 14.3 Å². The lowest BCUT2D eigenvalue weighted by Crippen LogP contribution is -2.42. The van der Waals surface area contributed by atoms with Crippen molar-refractivity contribution in [3.05, 3.63) is 58.6 Å². The van der Waals surface area contributed by atoms with Crippen molar-refractivity contribution >= 4 is 23.7 Å². The zero-order chi connectivity index (χ0) is 18.7. The molecule has 1 amide bonds. The van der Waals surface area contributed by atoms with Gasteiger partial charge in [-0.3, -0.25) is 4.79 Å². The van der Waals surface area contributed by atoms with Gasteiger partial charge in [0.05, 0.1) is 6.21 Å². The van der Waals surface area contributed by atoms with E-state index in [2.05, 4.69) is 31.3 Å². The first-order valence-corrected chi connectivity index (χ1v) is 8.73. The number of hydrazone groups is 1. The van der Waals surface area contributed by atoms with Gasteiger partial charge in [-0.1, -0.05) is 50.6 Å². The Morgan fingerprint density at radius 2 is 2.04 bits per heavy atom. The number of benzene rings is 2. The minimum atomic E-state index is -0.755. The normalized spacial score (nSPS) is 16.5. The van der Waals surface area contributed by atoms with Crippen LogP contribution < -0.4 is 14.9 Å². The maximum Gasteiger partial charge on any atom is 0.284 e. The molecule has 3 rings (SSSR count). The Labute approximate surface area is 158 Å². The lowest BCUT2D eigenvalue weighted by molar-refractivity contribution is -0.130. The third-order valence-electron chi connectivity index (χ3n) is 4.00. The maximum atomic E-state index is 12.3. The van der Waals surface area contributed by atoms with Crippen LogP contribution >= 0.6 is 11.6 Å². The number of nitrogens with zero attached hydrogens (tertiary/aromatic N) is 1. The standard InChI is InChI=1S/C20H21ClN2O3/c1-20(2,3)14-7-8-16-17(10-14)26-18(12-25-16)19(24)23-22-11-13-5-4-6-15(21)9-13/h4-11,18H,12H2,1-3H3,(H,23,24)/t18-/m0/s1. The predicted molar refractivity (Wildman–Crippen MR) is 102 cm³/mol.